The molecule has 0 aliphatic carbocycles. The minimum Gasteiger partial charge on any atom is -0.196 e. The third kappa shape index (κ3) is 2.72. The summed E-state index contributed by atoms with van der Waals surface area (Å²) in [5, 5.41) is 19.5. The highest BCUT2D eigenvalue weighted by atomic mass is 15.3. The molecule has 0 saturated carbocycles. The summed E-state index contributed by atoms with van der Waals surface area (Å²) in [6, 6.07) is 19.9. The van der Waals surface area contributed by atoms with Gasteiger partial charge in [-0.05, 0) is 11.1 Å². The van der Waals surface area contributed by atoms with E-state index in [1.54, 1.807) is 0 Å². The van der Waals surface area contributed by atoms with Gasteiger partial charge < -0.3 is 0 Å². The van der Waals surface area contributed by atoms with E-state index in [-0.39, 0.29) is 0 Å². The summed E-state index contributed by atoms with van der Waals surface area (Å²) in [4.78, 5) is 0. The molecule has 0 unspecified atom stereocenters. The number of rotatable bonds is 3. The lowest BCUT2D eigenvalue weighted by atomic mass is 10.0. The second-order valence-corrected chi connectivity index (χ2v) is 4.46. The van der Waals surface area contributed by atoms with Crippen molar-refractivity contribution in [1.29, 1.82) is 5.26 Å². The molecule has 21 heavy (non-hydrogen) atoms. The van der Waals surface area contributed by atoms with E-state index in [9.17, 15) is 0 Å². The average molecular weight is 272 g/mol. The predicted octanol–water partition coefficient (Wildman–Crippen LogP) is 3.51. The molecule has 0 aliphatic rings. The van der Waals surface area contributed by atoms with Gasteiger partial charge in [-0.3, -0.25) is 0 Å². The summed E-state index contributed by atoms with van der Waals surface area (Å²) in [5.74, 6) is 0. The van der Waals surface area contributed by atoms with Crippen LogP contribution in [0.15, 0.2) is 54.6 Å². The first-order chi connectivity index (χ1) is 10.4. The molecule has 0 bridgehead atoms. The number of nitrogens with one attached hydrogen (secondary N) is 1. The number of hydrogen-bond donors (Lipinski definition) is 1. The van der Waals surface area contributed by atoms with Crippen LogP contribution in [0.3, 0.4) is 0 Å². The van der Waals surface area contributed by atoms with Gasteiger partial charge in [0.1, 0.15) is 11.8 Å². The van der Waals surface area contributed by atoms with E-state index in [1.807, 2.05) is 72.8 Å². The first-order valence-electron chi connectivity index (χ1n) is 6.52. The summed E-state index contributed by atoms with van der Waals surface area (Å²) in [6.45, 7) is 0. The summed E-state index contributed by atoms with van der Waals surface area (Å²) >= 11 is 0. The van der Waals surface area contributed by atoms with E-state index >= 15 is 0 Å². The smallest absolute Gasteiger partial charge is 0.190 e. The largest absolute Gasteiger partial charge is 0.196 e. The Balaban J connectivity index is 2.01. The Hall–Kier alpha value is -3.19. The maximum absolute atomic E-state index is 9.08. The molecule has 0 radical (unpaired) electrons. The van der Waals surface area contributed by atoms with Gasteiger partial charge in [-0.15, -0.1) is 5.10 Å². The van der Waals surface area contributed by atoms with Crippen molar-refractivity contribution in [2.24, 2.45) is 0 Å². The number of aromatic amines is 1. The Morgan fingerprint density at radius 1 is 0.905 bits per heavy atom. The molecule has 0 aliphatic heterocycles. The molecule has 1 heterocycles. The lowest BCUT2D eigenvalue weighted by Gasteiger charge is -2.02. The number of nitrogens with zero attached hydrogens (tertiary/aromatic N) is 3. The summed E-state index contributed by atoms with van der Waals surface area (Å²) in [5.41, 5.74) is 3.87. The van der Waals surface area contributed by atoms with Crippen molar-refractivity contribution in [3.63, 3.8) is 0 Å². The van der Waals surface area contributed by atoms with Crippen molar-refractivity contribution in [3.8, 4) is 17.3 Å². The van der Waals surface area contributed by atoms with Crippen molar-refractivity contribution in [3.05, 3.63) is 71.4 Å². The standard InChI is InChI=1S/C17H12N4/c18-12-16-17(20-21-19-16)15-9-5-4-8-14(15)11-10-13-6-2-1-3-7-13/h1-11H,(H,19,20,21). The zero-order chi connectivity index (χ0) is 14.5. The lowest BCUT2D eigenvalue weighted by molar-refractivity contribution is 0.937. The van der Waals surface area contributed by atoms with E-state index in [0.29, 0.717) is 11.4 Å². The zero-order valence-corrected chi connectivity index (χ0v) is 11.2. The van der Waals surface area contributed by atoms with Crippen LogP contribution >= 0.6 is 0 Å². The van der Waals surface area contributed by atoms with Crippen LogP contribution in [0.5, 0.6) is 0 Å². The Labute approximate surface area is 122 Å². The van der Waals surface area contributed by atoms with Crippen LogP contribution in [-0.2, 0) is 0 Å². The number of hydrogen-bond acceptors (Lipinski definition) is 3. The zero-order valence-electron chi connectivity index (χ0n) is 11.2. The van der Waals surface area contributed by atoms with Gasteiger partial charge in [0.15, 0.2) is 5.69 Å². The second-order valence-electron chi connectivity index (χ2n) is 4.46. The fourth-order valence-electron chi connectivity index (χ4n) is 2.10. The maximum Gasteiger partial charge on any atom is 0.190 e. The summed E-state index contributed by atoms with van der Waals surface area (Å²) in [7, 11) is 0. The third-order valence-corrected chi connectivity index (χ3v) is 3.12. The highest BCUT2D eigenvalue weighted by Crippen LogP contribution is 2.25. The second kappa shape index (κ2) is 5.85. The molecule has 3 aromatic rings. The summed E-state index contributed by atoms with van der Waals surface area (Å²) < 4.78 is 0. The molecule has 0 atom stereocenters. The van der Waals surface area contributed by atoms with Crippen LogP contribution in [0.4, 0.5) is 0 Å². The van der Waals surface area contributed by atoms with Gasteiger partial charge in [-0.1, -0.05) is 66.7 Å². The number of benzene rings is 2. The van der Waals surface area contributed by atoms with E-state index in [1.165, 1.54) is 0 Å². The van der Waals surface area contributed by atoms with Crippen molar-refractivity contribution < 1.29 is 0 Å². The van der Waals surface area contributed by atoms with Gasteiger partial charge in [-0.25, -0.2) is 0 Å². The highest BCUT2D eigenvalue weighted by molar-refractivity contribution is 5.80. The first kappa shape index (κ1) is 12.8. The van der Waals surface area contributed by atoms with Crippen LogP contribution in [0.25, 0.3) is 23.4 Å². The maximum atomic E-state index is 9.08. The molecule has 0 spiro atoms. The molecule has 1 aromatic heterocycles. The van der Waals surface area contributed by atoms with Crippen LogP contribution in [0, 0.1) is 11.3 Å². The molecular formula is C17H12N4. The molecule has 1 N–H and O–H groups in total. The molecule has 4 heteroatoms. The monoisotopic (exact) mass is 272 g/mol. The molecule has 100 valence electrons. The van der Waals surface area contributed by atoms with Gasteiger partial charge in [0.05, 0.1) is 0 Å². The van der Waals surface area contributed by atoms with Crippen LogP contribution < -0.4 is 0 Å². The number of nitriles is 1. The third-order valence-electron chi connectivity index (χ3n) is 3.12. The highest BCUT2D eigenvalue weighted by Gasteiger charge is 2.11. The van der Waals surface area contributed by atoms with Crippen LogP contribution in [0.2, 0.25) is 0 Å². The Kier molecular flexibility index (Phi) is 3.57. The van der Waals surface area contributed by atoms with Gasteiger partial charge in [0, 0.05) is 5.56 Å². The fourth-order valence-corrected chi connectivity index (χ4v) is 2.10. The van der Waals surface area contributed by atoms with Crippen molar-refractivity contribution >= 4 is 12.2 Å². The first-order valence-corrected chi connectivity index (χ1v) is 6.52. The van der Waals surface area contributed by atoms with Gasteiger partial charge in [-0.2, -0.15) is 15.6 Å². The van der Waals surface area contributed by atoms with E-state index in [0.717, 1.165) is 16.7 Å². The van der Waals surface area contributed by atoms with Crippen molar-refractivity contribution in [1.82, 2.24) is 15.4 Å². The van der Waals surface area contributed by atoms with E-state index in [2.05, 4.69) is 15.4 Å². The van der Waals surface area contributed by atoms with Crippen LogP contribution in [-0.4, -0.2) is 15.4 Å². The fraction of sp³-hybridized carbons (Fsp3) is 0. The lowest BCUT2D eigenvalue weighted by Crippen LogP contribution is -1.86. The molecular weight excluding hydrogens is 260 g/mol. The molecule has 2 aromatic carbocycles. The molecule has 0 fully saturated rings. The minimum absolute atomic E-state index is 0.301. The Bertz CT molecular complexity index is 810. The van der Waals surface area contributed by atoms with Crippen LogP contribution in [0.1, 0.15) is 16.8 Å². The SMILES string of the molecule is N#Cc1n[nH]nc1-c1ccccc1C=Cc1ccccc1. The normalized spacial score (nSPS) is 10.6. The van der Waals surface area contributed by atoms with Gasteiger partial charge in [0.25, 0.3) is 0 Å². The Morgan fingerprint density at radius 3 is 2.48 bits per heavy atom. The topological polar surface area (TPSA) is 65.4 Å². The molecule has 3 rings (SSSR count). The van der Waals surface area contributed by atoms with Gasteiger partial charge in [0.2, 0.25) is 0 Å². The van der Waals surface area contributed by atoms with E-state index in [4.69, 9.17) is 5.26 Å². The predicted molar refractivity (Wildman–Crippen MR) is 81.9 cm³/mol. The van der Waals surface area contributed by atoms with Gasteiger partial charge >= 0.3 is 0 Å². The van der Waals surface area contributed by atoms with Crippen molar-refractivity contribution in [2.75, 3.05) is 0 Å². The van der Waals surface area contributed by atoms with E-state index < -0.39 is 0 Å². The Morgan fingerprint density at radius 2 is 1.67 bits per heavy atom. The quantitative estimate of drug-likeness (QED) is 0.742. The molecule has 4 nitrogen and oxygen atoms in total. The molecule has 0 amide bonds. The van der Waals surface area contributed by atoms with Crippen molar-refractivity contribution in [2.45, 2.75) is 0 Å². The molecule has 0 saturated heterocycles. The minimum atomic E-state index is 0.301. The average Bonchev–Trinajstić information content (AvgIpc) is 3.02. The number of H-pyrrole nitrogens is 1. The summed E-state index contributed by atoms with van der Waals surface area (Å²) in [6.07, 6.45) is 4.05. The number of aromatic nitrogens is 3.